The number of pyridine rings is 1. The molecule has 0 saturated carbocycles. The first kappa shape index (κ1) is 19.4. The highest BCUT2D eigenvalue weighted by atomic mass is 19.4. The van der Waals surface area contributed by atoms with E-state index in [4.69, 9.17) is 4.74 Å². The summed E-state index contributed by atoms with van der Waals surface area (Å²) in [6.07, 6.45) is -2.82. The Bertz CT molecular complexity index is 989. The van der Waals surface area contributed by atoms with Crippen molar-refractivity contribution in [3.8, 4) is 5.88 Å². The molecule has 1 atom stereocenters. The van der Waals surface area contributed by atoms with E-state index in [1.165, 1.54) is 6.07 Å². The molecule has 154 valence electrons. The highest BCUT2D eigenvalue weighted by Crippen LogP contribution is 2.28. The molecular weight excluding hydrogens is 387 g/mol. The van der Waals surface area contributed by atoms with Gasteiger partial charge in [-0.15, -0.1) is 15.3 Å². The maximum atomic E-state index is 13.1. The van der Waals surface area contributed by atoms with Gasteiger partial charge < -0.3 is 9.64 Å². The first-order valence-corrected chi connectivity index (χ1v) is 9.13. The van der Waals surface area contributed by atoms with E-state index < -0.39 is 12.0 Å². The molecule has 3 aromatic rings. The zero-order valence-electron chi connectivity index (χ0n) is 16.0. The first-order valence-electron chi connectivity index (χ1n) is 9.13. The van der Waals surface area contributed by atoms with Crippen molar-refractivity contribution in [2.45, 2.75) is 25.7 Å². The van der Waals surface area contributed by atoms with Crippen molar-refractivity contribution in [2.24, 2.45) is 0 Å². The standard InChI is InChI=1S/C18H20F3N7O/c1-12-10-27(8-7-26(12)11-13-3-6-16(29-2)22-9-13)15-5-4-14-23-24-17(18(19,20)21)28(14)25-15/h3-6,9,12H,7-8,10-11H2,1-2H3. The summed E-state index contributed by atoms with van der Waals surface area (Å²) >= 11 is 0. The Morgan fingerprint density at radius 2 is 1.97 bits per heavy atom. The molecule has 1 unspecified atom stereocenters. The number of rotatable bonds is 4. The van der Waals surface area contributed by atoms with E-state index in [-0.39, 0.29) is 11.7 Å². The number of fused-ring (bicyclic) bond motifs is 1. The minimum absolute atomic E-state index is 0.0692. The summed E-state index contributed by atoms with van der Waals surface area (Å²) in [6, 6.07) is 7.18. The van der Waals surface area contributed by atoms with Crippen molar-refractivity contribution in [1.29, 1.82) is 0 Å². The van der Waals surface area contributed by atoms with Crippen LogP contribution in [0, 0.1) is 0 Å². The van der Waals surface area contributed by atoms with Gasteiger partial charge in [-0.1, -0.05) is 6.07 Å². The van der Waals surface area contributed by atoms with Crippen molar-refractivity contribution >= 4 is 11.5 Å². The minimum Gasteiger partial charge on any atom is -0.481 e. The van der Waals surface area contributed by atoms with Crippen molar-refractivity contribution in [1.82, 2.24) is 29.7 Å². The van der Waals surface area contributed by atoms with Gasteiger partial charge in [0.2, 0.25) is 5.88 Å². The summed E-state index contributed by atoms with van der Waals surface area (Å²) in [4.78, 5) is 8.51. The van der Waals surface area contributed by atoms with E-state index >= 15 is 0 Å². The Labute approximate surface area is 164 Å². The molecule has 1 saturated heterocycles. The second-order valence-corrected chi connectivity index (χ2v) is 6.96. The number of aromatic nitrogens is 5. The van der Waals surface area contributed by atoms with Crippen LogP contribution in [0.25, 0.3) is 5.65 Å². The molecule has 3 aromatic heterocycles. The van der Waals surface area contributed by atoms with E-state index in [2.05, 4.69) is 32.1 Å². The van der Waals surface area contributed by atoms with Gasteiger partial charge in [0.1, 0.15) is 5.82 Å². The third-order valence-corrected chi connectivity index (χ3v) is 4.98. The zero-order chi connectivity index (χ0) is 20.6. The van der Waals surface area contributed by atoms with E-state index in [1.54, 1.807) is 19.4 Å². The zero-order valence-corrected chi connectivity index (χ0v) is 16.0. The Morgan fingerprint density at radius 3 is 2.62 bits per heavy atom. The van der Waals surface area contributed by atoms with Crippen LogP contribution in [0.5, 0.6) is 5.88 Å². The SMILES string of the molecule is COc1ccc(CN2CCN(c3ccc4nnc(C(F)(F)F)n4n3)CC2C)cn1. The van der Waals surface area contributed by atoms with E-state index in [0.717, 1.165) is 23.2 Å². The number of piperazine rings is 1. The second kappa shape index (κ2) is 7.47. The van der Waals surface area contributed by atoms with Crippen molar-refractivity contribution in [3.63, 3.8) is 0 Å². The molecule has 0 N–H and O–H groups in total. The van der Waals surface area contributed by atoms with E-state index in [0.29, 0.717) is 24.8 Å². The van der Waals surface area contributed by atoms with Crippen LogP contribution in [0.15, 0.2) is 30.5 Å². The van der Waals surface area contributed by atoms with Gasteiger partial charge in [0.15, 0.2) is 5.65 Å². The summed E-state index contributed by atoms with van der Waals surface area (Å²) in [5.74, 6) is -0.0752. The fourth-order valence-electron chi connectivity index (χ4n) is 3.42. The summed E-state index contributed by atoms with van der Waals surface area (Å²) < 4.78 is 45.1. The molecule has 0 spiro atoms. The number of ether oxygens (including phenoxy) is 1. The lowest BCUT2D eigenvalue weighted by Gasteiger charge is -2.40. The lowest BCUT2D eigenvalue weighted by Crippen LogP contribution is -2.51. The second-order valence-electron chi connectivity index (χ2n) is 6.96. The Hall–Kier alpha value is -2.95. The number of anilines is 1. The molecule has 4 rings (SSSR count). The molecule has 29 heavy (non-hydrogen) atoms. The lowest BCUT2D eigenvalue weighted by molar-refractivity contribution is -0.146. The molecule has 0 aliphatic carbocycles. The number of halogens is 3. The van der Waals surface area contributed by atoms with Gasteiger partial charge in [-0.3, -0.25) is 4.90 Å². The van der Waals surface area contributed by atoms with Crippen molar-refractivity contribution in [3.05, 3.63) is 41.9 Å². The van der Waals surface area contributed by atoms with Gasteiger partial charge in [0, 0.05) is 44.5 Å². The van der Waals surface area contributed by atoms with Crippen molar-refractivity contribution in [2.75, 3.05) is 31.6 Å². The van der Waals surface area contributed by atoms with Crippen molar-refractivity contribution < 1.29 is 17.9 Å². The van der Waals surface area contributed by atoms with E-state index in [9.17, 15) is 13.2 Å². The third kappa shape index (κ3) is 3.95. The molecule has 4 heterocycles. The summed E-state index contributed by atoms with van der Waals surface area (Å²) in [6.45, 7) is 4.87. The largest absolute Gasteiger partial charge is 0.481 e. The van der Waals surface area contributed by atoms with Gasteiger partial charge in [0.05, 0.1) is 7.11 Å². The summed E-state index contributed by atoms with van der Waals surface area (Å²) in [5.41, 5.74) is 1.14. The van der Waals surface area contributed by atoms with Crippen LogP contribution >= 0.6 is 0 Å². The maximum Gasteiger partial charge on any atom is 0.453 e. The molecular formula is C18H20F3N7O. The molecule has 8 nitrogen and oxygen atoms in total. The fraction of sp³-hybridized carbons (Fsp3) is 0.444. The maximum absolute atomic E-state index is 13.1. The van der Waals surface area contributed by atoms with Gasteiger partial charge in [-0.25, -0.2) is 4.98 Å². The highest BCUT2D eigenvalue weighted by Gasteiger charge is 2.38. The topological polar surface area (TPSA) is 71.7 Å². The van der Waals surface area contributed by atoms with Crippen LogP contribution in [0.2, 0.25) is 0 Å². The number of hydrogen-bond acceptors (Lipinski definition) is 7. The quantitative estimate of drug-likeness (QED) is 0.657. The van der Waals surface area contributed by atoms with Crippen LogP contribution in [0.3, 0.4) is 0 Å². The normalized spacial score (nSPS) is 18.4. The Morgan fingerprint density at radius 1 is 1.14 bits per heavy atom. The van der Waals surface area contributed by atoms with Crippen LogP contribution < -0.4 is 9.64 Å². The van der Waals surface area contributed by atoms with Crippen LogP contribution in [0.4, 0.5) is 19.0 Å². The molecule has 1 fully saturated rings. The number of nitrogens with zero attached hydrogens (tertiary/aromatic N) is 7. The summed E-state index contributed by atoms with van der Waals surface area (Å²) in [7, 11) is 1.58. The number of alkyl halides is 3. The molecule has 1 aliphatic rings. The van der Waals surface area contributed by atoms with Gasteiger partial charge in [0.25, 0.3) is 5.82 Å². The fourth-order valence-corrected chi connectivity index (χ4v) is 3.42. The predicted octanol–water partition coefficient (Wildman–Crippen LogP) is 2.26. The van der Waals surface area contributed by atoms with Crippen LogP contribution in [-0.2, 0) is 12.7 Å². The summed E-state index contributed by atoms with van der Waals surface area (Å²) in [5, 5.41) is 10.9. The molecule has 0 radical (unpaired) electrons. The van der Waals surface area contributed by atoms with Gasteiger partial charge in [-0.05, 0) is 24.6 Å². The predicted molar refractivity (Wildman–Crippen MR) is 98.7 cm³/mol. The molecule has 0 bridgehead atoms. The first-order chi connectivity index (χ1) is 13.8. The highest BCUT2D eigenvalue weighted by molar-refractivity contribution is 5.46. The molecule has 11 heteroatoms. The Kier molecular flexibility index (Phi) is 4.99. The average Bonchev–Trinajstić information content (AvgIpc) is 3.14. The van der Waals surface area contributed by atoms with E-state index in [1.807, 2.05) is 17.0 Å². The molecule has 0 amide bonds. The average molecular weight is 407 g/mol. The molecule has 1 aliphatic heterocycles. The minimum atomic E-state index is -4.61. The van der Waals surface area contributed by atoms with Gasteiger partial charge >= 0.3 is 6.18 Å². The number of hydrogen-bond donors (Lipinski definition) is 0. The molecule has 0 aromatic carbocycles. The van der Waals surface area contributed by atoms with Crippen LogP contribution in [-0.4, -0.2) is 62.5 Å². The third-order valence-electron chi connectivity index (χ3n) is 4.98. The monoisotopic (exact) mass is 407 g/mol. The number of methoxy groups -OCH3 is 1. The van der Waals surface area contributed by atoms with Gasteiger partial charge in [-0.2, -0.15) is 17.7 Å². The lowest BCUT2D eigenvalue weighted by atomic mass is 10.1. The Balaban J connectivity index is 1.47. The van der Waals surface area contributed by atoms with Crippen LogP contribution in [0.1, 0.15) is 18.3 Å². The smallest absolute Gasteiger partial charge is 0.453 e.